The molecule has 8 heteroatoms. The van der Waals surface area contributed by atoms with Crippen LogP contribution >= 0.6 is 0 Å². The summed E-state index contributed by atoms with van der Waals surface area (Å²) in [4.78, 5) is 40.7. The van der Waals surface area contributed by atoms with Gasteiger partial charge < -0.3 is 25.2 Å². The summed E-state index contributed by atoms with van der Waals surface area (Å²) in [7, 11) is 0. The number of benzene rings is 2. The van der Waals surface area contributed by atoms with Gasteiger partial charge >= 0.3 is 0 Å². The average Bonchev–Trinajstić information content (AvgIpc) is 2.80. The monoisotopic (exact) mass is 436 g/mol. The Balaban J connectivity index is 1.43. The van der Waals surface area contributed by atoms with E-state index in [0.717, 1.165) is 38.0 Å². The number of hydrogen-bond donors (Lipinski definition) is 2. The van der Waals surface area contributed by atoms with Crippen molar-refractivity contribution in [2.45, 2.75) is 32.3 Å². The van der Waals surface area contributed by atoms with Crippen molar-refractivity contribution in [1.29, 1.82) is 0 Å². The van der Waals surface area contributed by atoms with Crippen molar-refractivity contribution in [2.24, 2.45) is 0 Å². The Morgan fingerprint density at radius 1 is 0.938 bits per heavy atom. The summed E-state index contributed by atoms with van der Waals surface area (Å²) in [5.41, 5.74) is 2.09. The number of rotatable bonds is 5. The van der Waals surface area contributed by atoms with Gasteiger partial charge in [0.1, 0.15) is 5.75 Å². The molecule has 168 valence electrons. The molecule has 2 aliphatic rings. The highest BCUT2D eigenvalue weighted by Crippen LogP contribution is 2.33. The second-order valence-electron chi connectivity index (χ2n) is 8.15. The van der Waals surface area contributed by atoms with Crippen LogP contribution in [0.3, 0.4) is 0 Å². The van der Waals surface area contributed by atoms with Crippen molar-refractivity contribution in [3.8, 4) is 5.75 Å². The normalized spacial score (nSPS) is 17.7. The number of hydrogen-bond acceptors (Lipinski definition) is 5. The molecule has 0 unspecified atom stereocenters. The van der Waals surface area contributed by atoms with Gasteiger partial charge in [0.05, 0.1) is 18.8 Å². The maximum Gasteiger partial charge on any atom is 0.265 e. The van der Waals surface area contributed by atoms with Crippen molar-refractivity contribution in [3.63, 3.8) is 0 Å². The Morgan fingerprint density at radius 2 is 1.59 bits per heavy atom. The lowest BCUT2D eigenvalue weighted by Gasteiger charge is -2.38. The van der Waals surface area contributed by atoms with Crippen LogP contribution in [0.1, 0.15) is 26.2 Å². The summed E-state index contributed by atoms with van der Waals surface area (Å²) in [6, 6.07) is 14.4. The second kappa shape index (κ2) is 9.72. The highest BCUT2D eigenvalue weighted by atomic mass is 16.5. The molecule has 2 aliphatic heterocycles. The molecule has 4 rings (SSSR count). The summed E-state index contributed by atoms with van der Waals surface area (Å²) in [5, 5.41) is 5.57. The van der Waals surface area contributed by atoms with Gasteiger partial charge in [-0.2, -0.15) is 0 Å². The van der Waals surface area contributed by atoms with Crippen LogP contribution in [-0.4, -0.2) is 54.9 Å². The first kappa shape index (κ1) is 21.7. The number of fused-ring (bicyclic) bond motifs is 1. The van der Waals surface area contributed by atoms with Gasteiger partial charge in [0.25, 0.3) is 5.91 Å². The second-order valence-corrected chi connectivity index (χ2v) is 8.15. The Kier molecular flexibility index (Phi) is 6.58. The summed E-state index contributed by atoms with van der Waals surface area (Å²) in [5.74, 6) is 0.249. The fourth-order valence-electron chi connectivity index (χ4n) is 4.12. The third-order valence-electron chi connectivity index (χ3n) is 5.63. The average molecular weight is 437 g/mol. The minimum Gasteiger partial charge on any atom is -0.477 e. The van der Waals surface area contributed by atoms with Crippen molar-refractivity contribution in [3.05, 3.63) is 48.5 Å². The van der Waals surface area contributed by atoms with Crippen LogP contribution in [0.2, 0.25) is 0 Å². The van der Waals surface area contributed by atoms with Gasteiger partial charge in [-0.05, 0) is 55.7 Å². The molecule has 0 aliphatic carbocycles. The van der Waals surface area contributed by atoms with Gasteiger partial charge in [-0.15, -0.1) is 0 Å². The first-order valence-corrected chi connectivity index (χ1v) is 11.0. The Morgan fingerprint density at radius 3 is 2.28 bits per heavy atom. The molecule has 32 heavy (non-hydrogen) atoms. The van der Waals surface area contributed by atoms with Crippen LogP contribution in [0, 0.1) is 0 Å². The zero-order chi connectivity index (χ0) is 22.5. The number of para-hydroxylation sites is 2. The van der Waals surface area contributed by atoms with Crippen LogP contribution in [0.5, 0.6) is 5.75 Å². The molecular weight excluding hydrogens is 408 g/mol. The van der Waals surface area contributed by atoms with E-state index in [2.05, 4.69) is 10.6 Å². The smallest absolute Gasteiger partial charge is 0.265 e. The Bertz CT molecular complexity index is 986. The zero-order valence-corrected chi connectivity index (χ0v) is 18.2. The molecule has 1 atom stereocenters. The lowest BCUT2D eigenvalue weighted by molar-refractivity contribution is -0.139. The molecular formula is C24H28N4O4. The third kappa shape index (κ3) is 5.19. The van der Waals surface area contributed by atoms with Crippen molar-refractivity contribution in [1.82, 2.24) is 4.90 Å². The third-order valence-corrected chi connectivity index (χ3v) is 5.63. The molecule has 2 aromatic rings. The molecule has 8 nitrogen and oxygen atoms in total. The number of ether oxygens (including phenoxy) is 1. The molecule has 2 heterocycles. The maximum absolute atomic E-state index is 13.0. The molecule has 0 saturated carbocycles. The van der Waals surface area contributed by atoms with Gasteiger partial charge in [0.2, 0.25) is 11.8 Å². The minimum atomic E-state index is -0.632. The number of likely N-dealkylation sites (tertiary alicyclic amines) is 1. The molecule has 3 amide bonds. The van der Waals surface area contributed by atoms with Gasteiger partial charge in [-0.25, -0.2) is 0 Å². The van der Waals surface area contributed by atoms with Crippen molar-refractivity contribution in [2.75, 3.05) is 41.7 Å². The summed E-state index contributed by atoms with van der Waals surface area (Å²) < 4.78 is 6.02. The molecule has 0 radical (unpaired) electrons. The van der Waals surface area contributed by atoms with E-state index in [1.54, 1.807) is 24.3 Å². The zero-order valence-electron chi connectivity index (χ0n) is 18.2. The minimum absolute atomic E-state index is 0.0156. The van der Waals surface area contributed by atoms with Gasteiger partial charge in [0, 0.05) is 31.4 Å². The maximum atomic E-state index is 13.0. The molecule has 0 aromatic heterocycles. The van der Waals surface area contributed by atoms with Crippen LogP contribution < -0.4 is 20.3 Å². The predicted molar refractivity (Wildman–Crippen MR) is 123 cm³/mol. The molecule has 2 N–H and O–H groups in total. The molecule has 0 spiro atoms. The number of amides is 3. The number of carbonyl (C=O) groups excluding carboxylic acids is 3. The number of anilines is 3. The van der Waals surface area contributed by atoms with E-state index >= 15 is 0 Å². The summed E-state index contributed by atoms with van der Waals surface area (Å²) in [6.45, 7) is 3.38. The molecule has 0 bridgehead atoms. The Hall–Kier alpha value is -3.55. The topological polar surface area (TPSA) is 91.0 Å². The summed E-state index contributed by atoms with van der Waals surface area (Å²) in [6.07, 6.45) is 2.55. The first-order chi connectivity index (χ1) is 15.5. The van der Waals surface area contributed by atoms with E-state index in [9.17, 15) is 14.4 Å². The van der Waals surface area contributed by atoms with Crippen LogP contribution in [0.15, 0.2) is 48.5 Å². The fourth-order valence-corrected chi connectivity index (χ4v) is 4.12. The largest absolute Gasteiger partial charge is 0.477 e. The fraction of sp³-hybridized carbons (Fsp3) is 0.375. The number of nitrogens with zero attached hydrogens (tertiary/aromatic N) is 2. The van der Waals surface area contributed by atoms with Gasteiger partial charge in [-0.1, -0.05) is 12.1 Å². The number of nitrogens with one attached hydrogen (secondary N) is 2. The van der Waals surface area contributed by atoms with E-state index in [1.807, 2.05) is 34.1 Å². The quantitative estimate of drug-likeness (QED) is 0.752. The van der Waals surface area contributed by atoms with Gasteiger partial charge in [-0.3, -0.25) is 14.4 Å². The van der Waals surface area contributed by atoms with E-state index < -0.39 is 6.10 Å². The van der Waals surface area contributed by atoms with E-state index in [4.69, 9.17) is 4.74 Å². The lowest BCUT2D eigenvalue weighted by atomic mass is 10.1. The number of piperidine rings is 1. The molecule has 1 saturated heterocycles. The highest BCUT2D eigenvalue weighted by Gasteiger charge is 2.34. The van der Waals surface area contributed by atoms with E-state index in [0.29, 0.717) is 23.7 Å². The molecule has 1 fully saturated rings. The highest BCUT2D eigenvalue weighted by molar-refractivity contribution is 5.95. The van der Waals surface area contributed by atoms with Crippen LogP contribution in [0.4, 0.5) is 17.1 Å². The van der Waals surface area contributed by atoms with Gasteiger partial charge in [0.15, 0.2) is 6.10 Å². The van der Waals surface area contributed by atoms with E-state index in [1.165, 1.54) is 6.92 Å². The molecule has 2 aromatic carbocycles. The first-order valence-electron chi connectivity index (χ1n) is 11.0. The standard InChI is InChI=1S/C24H28N4O4/c1-17(29)25-18-9-11-19(12-10-18)26-23(30)16-28-15-22(24(31)27-13-5-2-6-14-27)32-21-8-4-3-7-20(21)28/h3-4,7-12,22H,2,5-6,13-16H2,1H3,(H,25,29)(H,26,30)/t22-/m1/s1. The Labute approximate surface area is 187 Å². The van der Waals surface area contributed by atoms with Crippen LogP contribution in [-0.2, 0) is 14.4 Å². The van der Waals surface area contributed by atoms with Crippen molar-refractivity contribution < 1.29 is 19.1 Å². The van der Waals surface area contributed by atoms with E-state index in [-0.39, 0.29) is 24.3 Å². The van der Waals surface area contributed by atoms with Crippen LogP contribution in [0.25, 0.3) is 0 Å². The van der Waals surface area contributed by atoms with Crippen molar-refractivity contribution >= 4 is 34.8 Å². The number of carbonyl (C=O) groups is 3. The summed E-state index contributed by atoms with van der Waals surface area (Å²) >= 11 is 0. The lowest BCUT2D eigenvalue weighted by Crippen LogP contribution is -2.52. The predicted octanol–water partition coefficient (Wildman–Crippen LogP) is 2.86. The SMILES string of the molecule is CC(=O)Nc1ccc(NC(=O)CN2C[C@H](C(=O)N3CCCCC3)Oc3ccccc32)cc1.